The Morgan fingerprint density at radius 3 is 2.78 bits per heavy atom. The second kappa shape index (κ2) is 9.42. The molecule has 168 valence electrons. The van der Waals surface area contributed by atoms with Gasteiger partial charge in [0.05, 0.1) is 10.2 Å². The molecule has 1 aliphatic carbocycles. The first kappa shape index (κ1) is 21.2. The van der Waals surface area contributed by atoms with Crippen molar-refractivity contribution in [3.05, 3.63) is 48.2 Å². The smallest absolute Gasteiger partial charge is 0.248 e. The number of likely N-dealkylation sites (tertiary alicyclic amines) is 1. The molecule has 1 saturated heterocycles. The summed E-state index contributed by atoms with van der Waals surface area (Å²) in [4.78, 5) is 23.2. The van der Waals surface area contributed by atoms with Crippen molar-refractivity contribution in [1.29, 1.82) is 0 Å². The van der Waals surface area contributed by atoms with Crippen molar-refractivity contribution < 1.29 is 14.3 Å². The van der Waals surface area contributed by atoms with Crippen LogP contribution in [0.4, 0.5) is 5.13 Å². The standard InChI is InChI=1S/C24H28N4O3S/c1-30-15-22(29)28-11-8-16(9-12-28)19-5-4-10-25-23(19)31-18-13-17(14-18)26-24-27-20-6-2-3-7-21(20)32-24/h2-7,10,16-18H,8-9,11-15H2,1H3,(H,26,27)/t17-,18-. The van der Waals surface area contributed by atoms with Crippen molar-refractivity contribution in [3.63, 3.8) is 0 Å². The zero-order valence-electron chi connectivity index (χ0n) is 18.2. The number of para-hydroxylation sites is 1. The predicted molar refractivity (Wildman–Crippen MR) is 125 cm³/mol. The zero-order valence-corrected chi connectivity index (χ0v) is 19.0. The van der Waals surface area contributed by atoms with Crippen molar-refractivity contribution >= 4 is 32.6 Å². The number of nitrogens with one attached hydrogen (secondary N) is 1. The summed E-state index contributed by atoms with van der Waals surface area (Å²) < 4.78 is 12.5. The van der Waals surface area contributed by atoms with Crippen LogP contribution in [0.2, 0.25) is 0 Å². The van der Waals surface area contributed by atoms with Crippen molar-refractivity contribution in [3.8, 4) is 5.88 Å². The number of rotatable bonds is 7. The molecular formula is C24H28N4O3S. The van der Waals surface area contributed by atoms with Crippen LogP contribution in [0.15, 0.2) is 42.6 Å². The summed E-state index contributed by atoms with van der Waals surface area (Å²) in [6.45, 7) is 1.65. The number of ether oxygens (including phenoxy) is 2. The Bertz CT molecular complexity index is 1040. The molecule has 0 atom stereocenters. The maximum Gasteiger partial charge on any atom is 0.248 e. The minimum atomic E-state index is 0.0646. The van der Waals surface area contributed by atoms with E-state index >= 15 is 0 Å². The molecule has 7 nitrogen and oxygen atoms in total. The second-order valence-corrected chi connectivity index (χ2v) is 9.56. The SMILES string of the molecule is COCC(=O)N1CCC(c2cccnc2O[C@H]2C[C@H](Nc3nc4ccccc4s3)C2)CC1. The molecule has 0 unspecified atom stereocenters. The maximum absolute atomic E-state index is 12.1. The number of aromatic nitrogens is 2. The van der Waals surface area contributed by atoms with Gasteiger partial charge < -0.3 is 19.7 Å². The molecular weight excluding hydrogens is 424 g/mol. The third kappa shape index (κ3) is 4.56. The van der Waals surface area contributed by atoms with Gasteiger partial charge in [0, 0.05) is 50.8 Å². The Morgan fingerprint density at radius 1 is 1.19 bits per heavy atom. The van der Waals surface area contributed by atoms with Gasteiger partial charge >= 0.3 is 0 Å². The molecule has 1 aliphatic heterocycles. The quantitative estimate of drug-likeness (QED) is 0.583. The van der Waals surface area contributed by atoms with E-state index in [0.717, 1.165) is 60.9 Å². The van der Waals surface area contributed by atoms with Gasteiger partial charge in [-0.3, -0.25) is 4.79 Å². The number of methoxy groups -OCH3 is 1. The van der Waals surface area contributed by atoms with Crippen molar-refractivity contribution in [2.45, 2.75) is 43.7 Å². The molecule has 1 N–H and O–H groups in total. The van der Waals surface area contributed by atoms with E-state index < -0.39 is 0 Å². The highest BCUT2D eigenvalue weighted by Crippen LogP contribution is 2.36. The molecule has 0 spiro atoms. The summed E-state index contributed by atoms with van der Waals surface area (Å²) in [6, 6.07) is 12.7. The number of anilines is 1. The van der Waals surface area contributed by atoms with Crippen LogP contribution in [0.3, 0.4) is 0 Å². The Labute approximate surface area is 191 Å². The topological polar surface area (TPSA) is 76.6 Å². The molecule has 0 bridgehead atoms. The first-order valence-corrected chi connectivity index (χ1v) is 12.0. The van der Waals surface area contributed by atoms with Crippen LogP contribution >= 0.6 is 11.3 Å². The monoisotopic (exact) mass is 452 g/mol. The number of benzene rings is 1. The number of hydrogen-bond donors (Lipinski definition) is 1. The largest absolute Gasteiger partial charge is 0.474 e. The molecule has 1 saturated carbocycles. The fourth-order valence-electron chi connectivity index (χ4n) is 4.51. The van der Waals surface area contributed by atoms with E-state index in [2.05, 4.69) is 27.4 Å². The summed E-state index contributed by atoms with van der Waals surface area (Å²) in [5, 5.41) is 4.52. The van der Waals surface area contributed by atoms with E-state index in [4.69, 9.17) is 9.47 Å². The number of thiazole rings is 1. The van der Waals surface area contributed by atoms with Crippen LogP contribution in [0.5, 0.6) is 5.88 Å². The Morgan fingerprint density at radius 2 is 2.00 bits per heavy atom. The van der Waals surface area contributed by atoms with E-state index in [1.807, 2.05) is 29.2 Å². The van der Waals surface area contributed by atoms with Crippen molar-refractivity contribution in [1.82, 2.24) is 14.9 Å². The molecule has 2 aliphatic rings. The highest BCUT2D eigenvalue weighted by Gasteiger charge is 2.33. The zero-order chi connectivity index (χ0) is 21.9. The normalized spacial score (nSPS) is 21.3. The van der Waals surface area contributed by atoms with Gasteiger partial charge in [-0.25, -0.2) is 9.97 Å². The minimum absolute atomic E-state index is 0.0646. The third-order valence-corrected chi connectivity index (χ3v) is 7.32. The number of pyridine rings is 1. The molecule has 3 heterocycles. The molecule has 2 fully saturated rings. The summed E-state index contributed by atoms with van der Waals surface area (Å²) in [5.41, 5.74) is 2.20. The number of piperidine rings is 1. The Balaban J connectivity index is 1.15. The van der Waals surface area contributed by atoms with Crippen LogP contribution in [0.25, 0.3) is 10.2 Å². The minimum Gasteiger partial charge on any atom is -0.474 e. The lowest BCUT2D eigenvalue weighted by molar-refractivity contribution is -0.136. The number of nitrogens with zero attached hydrogens (tertiary/aromatic N) is 3. The lowest BCUT2D eigenvalue weighted by atomic mass is 9.88. The molecule has 8 heteroatoms. The van der Waals surface area contributed by atoms with E-state index in [1.54, 1.807) is 24.6 Å². The van der Waals surface area contributed by atoms with Gasteiger partial charge in [0.15, 0.2) is 5.13 Å². The molecule has 2 aromatic heterocycles. The van der Waals surface area contributed by atoms with Crippen molar-refractivity contribution in [2.24, 2.45) is 0 Å². The summed E-state index contributed by atoms with van der Waals surface area (Å²) >= 11 is 1.70. The summed E-state index contributed by atoms with van der Waals surface area (Å²) in [7, 11) is 1.56. The van der Waals surface area contributed by atoms with Crippen LogP contribution in [-0.4, -0.2) is 59.7 Å². The third-order valence-electron chi connectivity index (χ3n) is 6.35. The van der Waals surface area contributed by atoms with E-state index in [-0.39, 0.29) is 18.6 Å². The maximum atomic E-state index is 12.1. The van der Waals surface area contributed by atoms with Gasteiger partial charge in [-0.15, -0.1) is 0 Å². The van der Waals surface area contributed by atoms with Gasteiger partial charge in [0.2, 0.25) is 11.8 Å². The van der Waals surface area contributed by atoms with Gasteiger partial charge in [0.1, 0.15) is 12.7 Å². The Kier molecular flexibility index (Phi) is 6.23. The van der Waals surface area contributed by atoms with E-state index in [9.17, 15) is 4.79 Å². The van der Waals surface area contributed by atoms with Gasteiger partial charge in [-0.1, -0.05) is 29.5 Å². The first-order valence-electron chi connectivity index (χ1n) is 11.2. The molecule has 0 radical (unpaired) electrons. The Hall–Kier alpha value is -2.71. The number of carbonyl (C=O) groups excluding carboxylic acids is 1. The van der Waals surface area contributed by atoms with Crippen LogP contribution < -0.4 is 10.1 Å². The molecule has 3 aromatic rings. The number of fused-ring (bicyclic) bond motifs is 1. The predicted octanol–water partition coefficient (Wildman–Crippen LogP) is 4.07. The van der Waals surface area contributed by atoms with Gasteiger partial charge in [-0.2, -0.15) is 0 Å². The van der Waals surface area contributed by atoms with Gasteiger partial charge in [0.25, 0.3) is 0 Å². The number of hydrogen-bond acceptors (Lipinski definition) is 7. The number of amides is 1. The summed E-state index contributed by atoms with van der Waals surface area (Å²) in [6.07, 6.45) is 5.68. The van der Waals surface area contributed by atoms with Crippen LogP contribution in [-0.2, 0) is 9.53 Å². The fraction of sp³-hybridized carbons (Fsp3) is 0.458. The molecule has 1 amide bonds. The van der Waals surface area contributed by atoms with E-state index in [0.29, 0.717) is 12.0 Å². The summed E-state index contributed by atoms with van der Waals surface area (Å²) in [5.74, 6) is 1.18. The van der Waals surface area contributed by atoms with Gasteiger partial charge in [-0.05, 0) is 37.0 Å². The van der Waals surface area contributed by atoms with Crippen molar-refractivity contribution in [2.75, 3.05) is 32.1 Å². The number of carbonyl (C=O) groups is 1. The molecule has 1 aromatic carbocycles. The lowest BCUT2D eigenvalue weighted by Crippen LogP contribution is -2.43. The molecule has 5 rings (SSSR count). The average molecular weight is 453 g/mol. The van der Waals surface area contributed by atoms with Crippen LogP contribution in [0.1, 0.15) is 37.2 Å². The highest BCUT2D eigenvalue weighted by molar-refractivity contribution is 7.22. The van der Waals surface area contributed by atoms with Crippen LogP contribution in [0, 0.1) is 0 Å². The second-order valence-electron chi connectivity index (χ2n) is 8.53. The average Bonchev–Trinajstić information content (AvgIpc) is 3.21. The first-order chi connectivity index (χ1) is 15.7. The highest BCUT2D eigenvalue weighted by atomic mass is 32.1. The molecule has 32 heavy (non-hydrogen) atoms. The van der Waals surface area contributed by atoms with E-state index in [1.165, 1.54) is 4.70 Å². The lowest BCUT2D eigenvalue weighted by Gasteiger charge is -2.37. The fourth-order valence-corrected chi connectivity index (χ4v) is 5.46.